The molecule has 0 aliphatic rings. The Bertz CT molecular complexity index is 1290. The Kier molecular flexibility index (Phi) is 4.17. The second-order valence-electron chi connectivity index (χ2n) is 7.85. The maximum absolute atomic E-state index is 2.35. The Hall–Kier alpha value is -3.46. The molecule has 3 heteroatoms. The van der Waals surface area contributed by atoms with E-state index < -0.39 is 0 Å². The van der Waals surface area contributed by atoms with Crippen molar-refractivity contribution in [3.8, 4) is 11.3 Å². The smallest absolute Gasteiger partial charge is 0.0708 e. The summed E-state index contributed by atoms with van der Waals surface area (Å²) in [6.45, 7) is 0. The van der Waals surface area contributed by atoms with E-state index >= 15 is 0 Å². The van der Waals surface area contributed by atoms with Gasteiger partial charge in [-0.3, -0.25) is 9.20 Å². The molecule has 0 N–H and O–H groups in total. The Balaban J connectivity index is 1.69. The fourth-order valence-corrected chi connectivity index (χ4v) is 4.29. The predicted molar refractivity (Wildman–Crippen MR) is 123 cm³/mol. The summed E-state index contributed by atoms with van der Waals surface area (Å²) in [7, 11) is 6.31. The van der Waals surface area contributed by atoms with E-state index in [9.17, 15) is 0 Å². The van der Waals surface area contributed by atoms with E-state index in [-0.39, 0.29) is 0 Å². The van der Waals surface area contributed by atoms with Crippen LogP contribution in [0.3, 0.4) is 0 Å². The quantitative estimate of drug-likeness (QED) is 0.387. The normalized spacial score (nSPS) is 11.4. The predicted octanol–water partition coefficient (Wildman–Crippen LogP) is 5.75. The van der Waals surface area contributed by atoms with Crippen molar-refractivity contribution in [1.82, 2.24) is 9.20 Å². The molecule has 29 heavy (non-hydrogen) atoms. The van der Waals surface area contributed by atoms with Gasteiger partial charge in [0.15, 0.2) is 0 Å². The van der Waals surface area contributed by atoms with Crippen LogP contribution < -0.4 is 4.90 Å². The highest BCUT2D eigenvalue weighted by atomic mass is 15.4. The number of nitrogens with zero attached hydrogens (tertiary/aromatic N) is 3. The minimum Gasteiger partial charge on any atom is -0.378 e. The summed E-state index contributed by atoms with van der Waals surface area (Å²) in [5.41, 5.74) is 8.96. The lowest BCUT2D eigenvalue weighted by Gasteiger charge is -2.12. The van der Waals surface area contributed by atoms with E-state index in [1.807, 2.05) is 0 Å². The molecule has 0 saturated heterocycles. The SMILES string of the molecule is CN(C)c1ccc(Cc2c3ccccc3n3c2cc(-c2ccccc2)n3C)cc1. The molecule has 2 heterocycles. The lowest BCUT2D eigenvalue weighted by Crippen LogP contribution is -2.08. The molecule has 0 radical (unpaired) electrons. The number of benzene rings is 3. The van der Waals surface area contributed by atoms with Gasteiger partial charge in [-0.1, -0.05) is 60.7 Å². The first-order valence-corrected chi connectivity index (χ1v) is 10.0. The molecule has 0 atom stereocenters. The highest BCUT2D eigenvalue weighted by Crippen LogP contribution is 2.33. The molecule has 5 rings (SSSR count). The highest BCUT2D eigenvalue weighted by Gasteiger charge is 2.17. The topological polar surface area (TPSA) is 12.6 Å². The van der Waals surface area contributed by atoms with Crippen molar-refractivity contribution in [2.24, 2.45) is 7.05 Å². The summed E-state index contributed by atoms with van der Waals surface area (Å²) in [6, 6.07) is 30.6. The molecule has 3 aromatic carbocycles. The third-order valence-electron chi connectivity index (χ3n) is 5.82. The third kappa shape index (κ3) is 2.90. The summed E-state index contributed by atoms with van der Waals surface area (Å²) >= 11 is 0. The molecule has 2 aromatic heterocycles. The van der Waals surface area contributed by atoms with Crippen molar-refractivity contribution in [3.05, 3.63) is 96.1 Å². The van der Waals surface area contributed by atoms with Gasteiger partial charge in [0, 0.05) is 38.6 Å². The molecule has 0 aliphatic heterocycles. The lowest BCUT2D eigenvalue weighted by atomic mass is 10.0. The number of para-hydroxylation sites is 1. The number of aryl methyl sites for hydroxylation is 1. The van der Waals surface area contributed by atoms with Crippen molar-refractivity contribution in [3.63, 3.8) is 0 Å². The molecule has 0 saturated carbocycles. The molecule has 0 unspecified atom stereocenters. The molecule has 5 aromatic rings. The van der Waals surface area contributed by atoms with Crippen LogP contribution in [-0.2, 0) is 13.5 Å². The van der Waals surface area contributed by atoms with Crippen LogP contribution in [0.15, 0.2) is 84.9 Å². The Morgan fingerprint density at radius 3 is 2.17 bits per heavy atom. The summed E-state index contributed by atoms with van der Waals surface area (Å²) in [5.74, 6) is 0. The maximum Gasteiger partial charge on any atom is 0.0708 e. The molecule has 144 valence electrons. The van der Waals surface area contributed by atoms with Crippen molar-refractivity contribution in [2.45, 2.75) is 6.42 Å². The number of anilines is 1. The van der Waals surface area contributed by atoms with Crippen molar-refractivity contribution < 1.29 is 0 Å². The van der Waals surface area contributed by atoms with Crippen LogP contribution in [0.5, 0.6) is 0 Å². The molecule has 0 spiro atoms. The van der Waals surface area contributed by atoms with Crippen molar-refractivity contribution in [2.75, 3.05) is 19.0 Å². The number of hydrogen-bond donors (Lipinski definition) is 0. The molecule has 0 aliphatic carbocycles. The number of rotatable bonds is 4. The van der Waals surface area contributed by atoms with Gasteiger partial charge in [0.25, 0.3) is 0 Å². The first-order chi connectivity index (χ1) is 14.1. The molecule has 0 bridgehead atoms. The van der Waals surface area contributed by atoms with E-state index in [1.165, 1.54) is 44.5 Å². The largest absolute Gasteiger partial charge is 0.378 e. The van der Waals surface area contributed by atoms with Crippen molar-refractivity contribution >= 4 is 22.1 Å². The number of aromatic nitrogens is 2. The zero-order valence-corrected chi connectivity index (χ0v) is 17.1. The van der Waals surface area contributed by atoms with Crippen LogP contribution in [0.2, 0.25) is 0 Å². The van der Waals surface area contributed by atoms with Gasteiger partial charge < -0.3 is 4.90 Å². The van der Waals surface area contributed by atoms with E-state index in [2.05, 4.69) is 120 Å². The van der Waals surface area contributed by atoms with Gasteiger partial charge in [0.05, 0.1) is 16.7 Å². The van der Waals surface area contributed by atoms with Gasteiger partial charge in [-0.05, 0) is 41.0 Å². The zero-order chi connectivity index (χ0) is 20.0. The average molecular weight is 380 g/mol. The summed E-state index contributed by atoms with van der Waals surface area (Å²) < 4.78 is 4.62. The molecule has 3 nitrogen and oxygen atoms in total. The third-order valence-corrected chi connectivity index (χ3v) is 5.82. The standard InChI is InChI=1S/C26H25N3/c1-27(2)21-15-13-19(14-16-21)17-23-22-11-7-8-12-24(22)29-26(23)18-25(28(29)3)20-9-5-4-6-10-20/h4-16,18H,17H2,1-3H3. The van der Waals surface area contributed by atoms with Gasteiger partial charge in [-0.2, -0.15) is 0 Å². The minimum absolute atomic E-state index is 0.920. The van der Waals surface area contributed by atoms with Crippen molar-refractivity contribution in [1.29, 1.82) is 0 Å². The van der Waals surface area contributed by atoms with E-state index in [0.29, 0.717) is 0 Å². The molecular weight excluding hydrogens is 354 g/mol. The molecule has 0 fully saturated rings. The Labute approximate surface area is 171 Å². The Morgan fingerprint density at radius 1 is 0.759 bits per heavy atom. The lowest BCUT2D eigenvalue weighted by molar-refractivity contribution is 0.735. The monoisotopic (exact) mass is 379 g/mol. The summed E-state index contributed by atoms with van der Waals surface area (Å²) in [5, 5.41) is 1.33. The number of hydrogen-bond acceptors (Lipinski definition) is 1. The van der Waals surface area contributed by atoms with Crippen LogP contribution in [0, 0.1) is 0 Å². The van der Waals surface area contributed by atoms with Crippen LogP contribution in [-0.4, -0.2) is 23.3 Å². The maximum atomic E-state index is 2.35. The fraction of sp³-hybridized carbons (Fsp3) is 0.154. The zero-order valence-electron chi connectivity index (χ0n) is 17.1. The second-order valence-corrected chi connectivity index (χ2v) is 7.85. The van der Waals surface area contributed by atoms with E-state index in [4.69, 9.17) is 0 Å². The molecular formula is C26H25N3. The van der Waals surface area contributed by atoms with Gasteiger partial charge in [0.1, 0.15) is 0 Å². The van der Waals surface area contributed by atoms with E-state index in [0.717, 1.165) is 6.42 Å². The second kappa shape index (κ2) is 6.85. The van der Waals surface area contributed by atoms with Gasteiger partial charge in [-0.15, -0.1) is 0 Å². The van der Waals surface area contributed by atoms with Crippen LogP contribution >= 0.6 is 0 Å². The first kappa shape index (κ1) is 17.6. The number of fused-ring (bicyclic) bond motifs is 3. The van der Waals surface area contributed by atoms with Gasteiger partial charge >= 0.3 is 0 Å². The average Bonchev–Trinajstić information content (AvgIpc) is 3.25. The minimum atomic E-state index is 0.920. The van der Waals surface area contributed by atoms with Crippen LogP contribution in [0.1, 0.15) is 11.1 Å². The fourth-order valence-electron chi connectivity index (χ4n) is 4.29. The summed E-state index contributed by atoms with van der Waals surface area (Å²) in [4.78, 5) is 2.14. The van der Waals surface area contributed by atoms with E-state index in [1.54, 1.807) is 0 Å². The van der Waals surface area contributed by atoms with Crippen LogP contribution in [0.25, 0.3) is 27.7 Å². The highest BCUT2D eigenvalue weighted by molar-refractivity contribution is 5.94. The molecule has 0 amide bonds. The first-order valence-electron chi connectivity index (χ1n) is 10.0. The van der Waals surface area contributed by atoms with Gasteiger partial charge in [-0.25, -0.2) is 0 Å². The summed E-state index contributed by atoms with van der Waals surface area (Å²) in [6.07, 6.45) is 0.920. The Morgan fingerprint density at radius 2 is 1.45 bits per heavy atom. The van der Waals surface area contributed by atoms with Gasteiger partial charge in [0.2, 0.25) is 0 Å². The van der Waals surface area contributed by atoms with Crippen LogP contribution in [0.4, 0.5) is 5.69 Å².